The SMILES string of the molecule is CC(C)CCCCCCCCCCCCCCCCCCCCC(=O)O[C@H](COC(=O)CCCCCCCCCCCCCC(C)C)COP(=O)(O)OCC(O)COP(=O)(O)OC[C@@H](COC(=O)CCCCCCCCCC(C)C)OC(=O)CCCCCCCCCCCCCCCCCCCCC(C)C. The number of phosphoric acid groups is 2. The van der Waals surface area contributed by atoms with Gasteiger partial charge in [0.05, 0.1) is 26.4 Å². The van der Waals surface area contributed by atoms with Gasteiger partial charge in [0.2, 0.25) is 0 Å². The third-order valence-corrected chi connectivity index (χ3v) is 22.2. The van der Waals surface area contributed by atoms with E-state index in [0.29, 0.717) is 31.6 Å². The van der Waals surface area contributed by atoms with E-state index in [-0.39, 0.29) is 25.7 Å². The number of phosphoric ester groups is 2. The van der Waals surface area contributed by atoms with Gasteiger partial charge in [-0.05, 0) is 49.4 Å². The van der Waals surface area contributed by atoms with Crippen molar-refractivity contribution in [3.05, 3.63) is 0 Å². The first-order valence-electron chi connectivity index (χ1n) is 44.7. The fourth-order valence-corrected chi connectivity index (χ4v) is 15.1. The number of rotatable bonds is 84. The zero-order valence-corrected chi connectivity index (χ0v) is 71.9. The Morgan fingerprint density at radius 2 is 0.396 bits per heavy atom. The number of aliphatic hydroxyl groups is 1. The Hall–Kier alpha value is -1.94. The highest BCUT2D eigenvalue weighted by molar-refractivity contribution is 7.47. The van der Waals surface area contributed by atoms with Crippen molar-refractivity contribution in [2.75, 3.05) is 39.6 Å². The highest BCUT2D eigenvalue weighted by Crippen LogP contribution is 2.45. The predicted octanol–water partition coefficient (Wildman–Crippen LogP) is 26.3. The molecule has 0 aliphatic carbocycles. The monoisotopic (exact) mass is 1550 g/mol. The number of carbonyl (C=O) groups is 4. The van der Waals surface area contributed by atoms with Gasteiger partial charge in [-0.3, -0.25) is 37.3 Å². The summed E-state index contributed by atoms with van der Waals surface area (Å²) in [6, 6.07) is 0. The Bertz CT molecular complexity index is 2060. The average Bonchev–Trinajstić information content (AvgIpc) is 0.921. The van der Waals surface area contributed by atoms with Crippen molar-refractivity contribution < 1.29 is 80.2 Å². The minimum Gasteiger partial charge on any atom is -0.462 e. The molecule has 0 bridgehead atoms. The van der Waals surface area contributed by atoms with E-state index >= 15 is 0 Å². The molecule has 0 aliphatic rings. The minimum absolute atomic E-state index is 0.107. The molecule has 3 N–H and O–H groups in total. The molecule has 0 spiro atoms. The van der Waals surface area contributed by atoms with Crippen LogP contribution in [0.5, 0.6) is 0 Å². The largest absolute Gasteiger partial charge is 0.472 e. The summed E-state index contributed by atoms with van der Waals surface area (Å²) in [5, 5.41) is 10.7. The summed E-state index contributed by atoms with van der Waals surface area (Å²) >= 11 is 0. The van der Waals surface area contributed by atoms with Gasteiger partial charge < -0.3 is 33.8 Å². The summed E-state index contributed by atoms with van der Waals surface area (Å²) in [5.41, 5.74) is 0. The van der Waals surface area contributed by atoms with Gasteiger partial charge in [-0.2, -0.15) is 0 Å². The molecule has 3 unspecified atom stereocenters. The molecule has 0 aromatic heterocycles. The third kappa shape index (κ3) is 80.1. The van der Waals surface area contributed by atoms with E-state index in [4.69, 9.17) is 37.0 Å². The molecule has 630 valence electrons. The van der Waals surface area contributed by atoms with Crippen molar-refractivity contribution in [1.29, 1.82) is 0 Å². The number of unbranched alkanes of at least 4 members (excludes halogenated alkanes) is 50. The van der Waals surface area contributed by atoms with E-state index in [1.807, 2.05) is 0 Å². The second-order valence-electron chi connectivity index (χ2n) is 33.2. The van der Waals surface area contributed by atoms with Crippen LogP contribution in [-0.2, 0) is 65.4 Å². The summed E-state index contributed by atoms with van der Waals surface area (Å²) in [7, 11) is -9.93. The van der Waals surface area contributed by atoms with E-state index in [2.05, 4.69) is 55.4 Å². The molecule has 0 aliphatic heterocycles. The number of hydrogen-bond donors (Lipinski definition) is 3. The van der Waals surface area contributed by atoms with Crippen LogP contribution in [-0.4, -0.2) is 96.7 Å². The first-order chi connectivity index (χ1) is 51.1. The van der Waals surface area contributed by atoms with Gasteiger partial charge in [0.1, 0.15) is 19.3 Å². The number of carbonyl (C=O) groups excluding carboxylic acids is 4. The van der Waals surface area contributed by atoms with E-state index in [9.17, 15) is 43.2 Å². The van der Waals surface area contributed by atoms with Gasteiger partial charge in [0.15, 0.2) is 12.2 Å². The predicted molar refractivity (Wildman–Crippen MR) is 437 cm³/mol. The molecule has 0 aromatic rings. The molecule has 0 saturated carbocycles. The molecule has 106 heavy (non-hydrogen) atoms. The maximum Gasteiger partial charge on any atom is 0.472 e. The lowest BCUT2D eigenvalue weighted by molar-refractivity contribution is -0.161. The Kier molecular flexibility index (Phi) is 74.3. The Morgan fingerprint density at radius 3 is 0.585 bits per heavy atom. The Balaban J connectivity index is 5.19. The summed E-state index contributed by atoms with van der Waals surface area (Å²) in [4.78, 5) is 73.2. The van der Waals surface area contributed by atoms with Crippen LogP contribution in [0.4, 0.5) is 0 Å². The summed E-state index contributed by atoms with van der Waals surface area (Å²) < 4.78 is 68.9. The van der Waals surface area contributed by atoms with Crippen molar-refractivity contribution in [3.8, 4) is 0 Å². The standard InChI is InChI=1S/C87H170O17P2/c1-77(2)63-55-47-39-32-26-21-17-13-9-11-15-19-23-29-36-44-53-61-69-86(91)103-82(73-97-84(89)67-59-51-43-35-31-25-28-34-41-49-57-65-79(5)6)75-101-105(93,94)99-71-81(88)72-100-106(95,96)102-76-83(74-98-85(90)68-60-52-46-38-42-50-58-66-80(7)8)104-87(92)70-62-54-45-37-30-24-20-16-12-10-14-18-22-27-33-40-48-56-64-78(3)4/h77-83,88H,9-76H2,1-8H3,(H,93,94)(H,95,96)/t81?,82-,83-/m1/s1. The van der Waals surface area contributed by atoms with E-state index in [1.54, 1.807) is 0 Å². The lowest BCUT2D eigenvalue weighted by Crippen LogP contribution is -2.30. The van der Waals surface area contributed by atoms with Crippen LogP contribution in [0, 0.1) is 23.7 Å². The van der Waals surface area contributed by atoms with Crippen molar-refractivity contribution in [1.82, 2.24) is 0 Å². The Labute approximate surface area is 651 Å². The summed E-state index contributed by atoms with van der Waals surface area (Å²) in [6.07, 6.45) is 65.5. The molecule has 0 heterocycles. The molecule has 5 atom stereocenters. The van der Waals surface area contributed by atoms with Crippen LogP contribution in [0.25, 0.3) is 0 Å². The number of esters is 4. The van der Waals surface area contributed by atoms with Gasteiger partial charge in [-0.25, -0.2) is 9.13 Å². The maximum atomic E-state index is 13.1. The van der Waals surface area contributed by atoms with Crippen LogP contribution in [0.2, 0.25) is 0 Å². The van der Waals surface area contributed by atoms with Gasteiger partial charge in [-0.1, -0.05) is 402 Å². The molecule has 0 radical (unpaired) electrons. The van der Waals surface area contributed by atoms with Crippen LogP contribution >= 0.6 is 15.6 Å². The minimum atomic E-state index is -4.97. The molecule has 17 nitrogen and oxygen atoms in total. The zero-order chi connectivity index (χ0) is 78.1. The lowest BCUT2D eigenvalue weighted by Gasteiger charge is -2.21. The Morgan fingerprint density at radius 1 is 0.236 bits per heavy atom. The highest BCUT2D eigenvalue weighted by Gasteiger charge is 2.31. The second-order valence-corrected chi connectivity index (χ2v) is 36.1. The van der Waals surface area contributed by atoms with Crippen LogP contribution < -0.4 is 0 Å². The topological polar surface area (TPSA) is 237 Å². The van der Waals surface area contributed by atoms with Gasteiger partial charge in [-0.15, -0.1) is 0 Å². The van der Waals surface area contributed by atoms with Crippen molar-refractivity contribution in [3.63, 3.8) is 0 Å². The molecule has 0 amide bonds. The number of ether oxygens (including phenoxy) is 4. The highest BCUT2D eigenvalue weighted by atomic mass is 31.2. The first-order valence-corrected chi connectivity index (χ1v) is 47.7. The van der Waals surface area contributed by atoms with Crippen molar-refractivity contribution >= 4 is 39.5 Å². The number of hydrogen-bond acceptors (Lipinski definition) is 15. The first kappa shape index (κ1) is 104. The fourth-order valence-electron chi connectivity index (χ4n) is 13.5. The van der Waals surface area contributed by atoms with Crippen molar-refractivity contribution in [2.24, 2.45) is 23.7 Å². The summed E-state index contributed by atoms with van der Waals surface area (Å²) in [5.74, 6) is 1.01. The fraction of sp³-hybridized carbons (Fsp3) is 0.954. The van der Waals surface area contributed by atoms with Gasteiger partial charge in [0.25, 0.3) is 0 Å². The number of aliphatic hydroxyl groups excluding tert-OH is 1. The lowest BCUT2D eigenvalue weighted by atomic mass is 10.0. The quantitative estimate of drug-likeness (QED) is 0.0222. The molecular weight excluding hydrogens is 1380 g/mol. The smallest absolute Gasteiger partial charge is 0.462 e. The molecule has 0 aromatic carbocycles. The van der Waals surface area contributed by atoms with Crippen LogP contribution in [0.15, 0.2) is 0 Å². The van der Waals surface area contributed by atoms with Gasteiger partial charge >= 0.3 is 39.5 Å². The maximum absolute atomic E-state index is 13.1. The van der Waals surface area contributed by atoms with Crippen LogP contribution in [0.1, 0.15) is 453 Å². The zero-order valence-electron chi connectivity index (χ0n) is 70.1. The molecular formula is C87H170O17P2. The molecule has 19 heteroatoms. The van der Waals surface area contributed by atoms with E-state index in [0.717, 1.165) is 114 Å². The van der Waals surface area contributed by atoms with E-state index in [1.165, 1.54) is 250 Å². The molecule has 0 rings (SSSR count). The average molecular weight is 1550 g/mol. The third-order valence-electron chi connectivity index (χ3n) is 20.3. The molecule has 0 fully saturated rings. The molecule has 0 saturated heterocycles. The second kappa shape index (κ2) is 75.7. The van der Waals surface area contributed by atoms with Crippen molar-refractivity contribution in [2.45, 2.75) is 472 Å². The normalized spacial score (nSPS) is 13.9. The van der Waals surface area contributed by atoms with E-state index < -0.39 is 97.5 Å². The van der Waals surface area contributed by atoms with Gasteiger partial charge in [0, 0.05) is 25.7 Å². The summed E-state index contributed by atoms with van der Waals surface area (Å²) in [6.45, 7) is 14.3. The van der Waals surface area contributed by atoms with Crippen LogP contribution in [0.3, 0.4) is 0 Å².